The highest BCUT2D eigenvalue weighted by Gasteiger charge is 2.35. The van der Waals surface area contributed by atoms with E-state index in [2.05, 4.69) is 30.4 Å². The van der Waals surface area contributed by atoms with Crippen LogP contribution in [0.2, 0.25) is 0 Å². The molecule has 18 heavy (non-hydrogen) atoms. The number of fused-ring (bicyclic) bond motifs is 3. The highest BCUT2D eigenvalue weighted by Crippen LogP contribution is 2.39. The lowest BCUT2D eigenvalue weighted by molar-refractivity contribution is 0.0114. The van der Waals surface area contributed by atoms with Gasteiger partial charge in [0.1, 0.15) is 12.7 Å². The minimum atomic E-state index is 0.0618. The standard InChI is InChI=1S/C16H14O2/c1-2-4-13-11(3-1)5-6-16-14(13)9-12-10-17-8-7-15(12)18-16/h2,5,7-9,14-16H,3-4,10H2. The van der Waals surface area contributed by atoms with Crippen LogP contribution in [0, 0.1) is 18.1 Å². The van der Waals surface area contributed by atoms with E-state index in [-0.39, 0.29) is 12.2 Å². The minimum absolute atomic E-state index is 0.0618. The van der Waals surface area contributed by atoms with Crippen LogP contribution in [0.1, 0.15) is 12.8 Å². The number of hydrogen-bond acceptors (Lipinski definition) is 2. The third-order valence-electron chi connectivity index (χ3n) is 3.97. The first kappa shape index (κ1) is 10.4. The molecule has 4 aliphatic rings. The van der Waals surface area contributed by atoms with Crippen molar-refractivity contribution in [2.75, 3.05) is 6.61 Å². The Labute approximate surface area is 107 Å². The molecule has 2 aliphatic carbocycles. The van der Waals surface area contributed by atoms with Crippen molar-refractivity contribution in [3.8, 4) is 0 Å². The molecule has 2 nitrogen and oxygen atoms in total. The zero-order valence-electron chi connectivity index (χ0n) is 10.1. The quantitative estimate of drug-likeness (QED) is 0.604. The van der Waals surface area contributed by atoms with E-state index in [1.807, 2.05) is 6.08 Å². The summed E-state index contributed by atoms with van der Waals surface area (Å²) in [6.07, 6.45) is 19.0. The van der Waals surface area contributed by atoms with Crippen LogP contribution >= 0.6 is 0 Å². The van der Waals surface area contributed by atoms with Crippen molar-refractivity contribution in [1.82, 2.24) is 0 Å². The van der Waals surface area contributed by atoms with E-state index in [1.54, 1.807) is 6.26 Å². The third kappa shape index (κ3) is 1.52. The fourth-order valence-electron chi connectivity index (χ4n) is 3.03. The van der Waals surface area contributed by atoms with Gasteiger partial charge >= 0.3 is 0 Å². The van der Waals surface area contributed by atoms with Gasteiger partial charge in [-0.1, -0.05) is 23.8 Å². The summed E-state index contributed by atoms with van der Waals surface area (Å²) in [4.78, 5) is 0. The first-order valence-corrected chi connectivity index (χ1v) is 6.42. The first-order valence-electron chi connectivity index (χ1n) is 6.42. The van der Waals surface area contributed by atoms with Gasteiger partial charge in [-0.25, -0.2) is 0 Å². The molecule has 0 N–H and O–H groups in total. The number of hydrogen-bond donors (Lipinski definition) is 0. The Bertz CT molecular complexity index is 519. The molecule has 3 unspecified atom stereocenters. The number of ether oxygens (including phenoxy) is 2. The molecule has 2 radical (unpaired) electrons. The lowest BCUT2D eigenvalue weighted by atomic mass is 9.77. The van der Waals surface area contributed by atoms with Crippen molar-refractivity contribution in [2.24, 2.45) is 5.92 Å². The molecule has 0 amide bonds. The van der Waals surface area contributed by atoms with E-state index in [0.29, 0.717) is 12.5 Å². The monoisotopic (exact) mass is 238 g/mol. The molecule has 0 aromatic rings. The van der Waals surface area contributed by atoms with E-state index in [1.165, 1.54) is 16.7 Å². The molecular weight excluding hydrogens is 224 g/mol. The van der Waals surface area contributed by atoms with Gasteiger partial charge in [0.05, 0.1) is 12.4 Å². The van der Waals surface area contributed by atoms with Crippen LogP contribution in [0.4, 0.5) is 0 Å². The van der Waals surface area contributed by atoms with Crippen LogP contribution in [0.15, 0.2) is 47.3 Å². The highest BCUT2D eigenvalue weighted by atomic mass is 16.5. The second-order valence-corrected chi connectivity index (χ2v) is 5.03. The summed E-state index contributed by atoms with van der Waals surface area (Å²) in [5, 5.41) is 0. The number of rotatable bonds is 0. The average Bonchev–Trinajstić information content (AvgIpc) is 2.45. The van der Waals surface area contributed by atoms with E-state index < -0.39 is 0 Å². The Kier molecular flexibility index (Phi) is 2.30. The Hall–Kier alpha value is -1.54. The molecule has 2 heterocycles. The predicted octanol–water partition coefficient (Wildman–Crippen LogP) is 2.66. The summed E-state index contributed by atoms with van der Waals surface area (Å²) in [5.41, 5.74) is 4.08. The van der Waals surface area contributed by atoms with Crippen molar-refractivity contribution in [3.05, 3.63) is 59.4 Å². The summed E-state index contributed by atoms with van der Waals surface area (Å²) < 4.78 is 11.5. The molecule has 4 rings (SSSR count). The second-order valence-electron chi connectivity index (χ2n) is 5.03. The van der Waals surface area contributed by atoms with Crippen molar-refractivity contribution in [3.63, 3.8) is 0 Å². The van der Waals surface area contributed by atoms with Gasteiger partial charge in [-0.2, -0.15) is 0 Å². The third-order valence-corrected chi connectivity index (χ3v) is 3.97. The maximum absolute atomic E-state index is 6.10. The van der Waals surface area contributed by atoms with Gasteiger partial charge in [0.15, 0.2) is 0 Å². The molecule has 90 valence electrons. The molecule has 2 heteroatoms. The second kappa shape index (κ2) is 3.99. The van der Waals surface area contributed by atoms with Gasteiger partial charge in [-0.3, -0.25) is 0 Å². The van der Waals surface area contributed by atoms with E-state index >= 15 is 0 Å². The first-order chi connectivity index (χ1) is 8.92. The van der Waals surface area contributed by atoms with Crippen LogP contribution in [-0.4, -0.2) is 18.8 Å². The Morgan fingerprint density at radius 2 is 2.33 bits per heavy atom. The molecule has 0 saturated carbocycles. The van der Waals surface area contributed by atoms with Crippen molar-refractivity contribution < 1.29 is 9.47 Å². The van der Waals surface area contributed by atoms with E-state index in [4.69, 9.17) is 9.47 Å². The summed E-state index contributed by atoms with van der Waals surface area (Å²) in [6, 6.07) is 0. The van der Waals surface area contributed by atoms with Gasteiger partial charge in [0, 0.05) is 5.92 Å². The highest BCUT2D eigenvalue weighted by molar-refractivity contribution is 5.41. The SMILES string of the molecule is [C]1=CCC2=C(C=[C]C3OC4C=COCC4=CC23)C1. The van der Waals surface area contributed by atoms with Crippen molar-refractivity contribution in [1.29, 1.82) is 0 Å². The maximum atomic E-state index is 6.10. The van der Waals surface area contributed by atoms with Crippen molar-refractivity contribution in [2.45, 2.75) is 25.0 Å². The molecule has 0 bridgehead atoms. The number of allylic oxidation sites excluding steroid dienone is 4. The normalized spacial score (nSPS) is 36.4. The average molecular weight is 238 g/mol. The molecule has 0 saturated heterocycles. The zero-order chi connectivity index (χ0) is 11.9. The van der Waals surface area contributed by atoms with Gasteiger partial charge < -0.3 is 9.47 Å². The van der Waals surface area contributed by atoms with E-state index in [0.717, 1.165) is 12.8 Å². The smallest absolute Gasteiger partial charge is 0.111 e. The minimum Gasteiger partial charge on any atom is -0.497 e. The van der Waals surface area contributed by atoms with Crippen LogP contribution < -0.4 is 0 Å². The topological polar surface area (TPSA) is 18.5 Å². The molecule has 3 atom stereocenters. The van der Waals surface area contributed by atoms with Crippen LogP contribution in [0.3, 0.4) is 0 Å². The summed E-state index contributed by atoms with van der Waals surface area (Å²) in [6.45, 7) is 0.651. The Balaban J connectivity index is 1.73. The zero-order valence-corrected chi connectivity index (χ0v) is 10.1. The molecule has 0 aromatic carbocycles. The predicted molar refractivity (Wildman–Crippen MR) is 67.2 cm³/mol. The van der Waals surface area contributed by atoms with Gasteiger partial charge in [0.25, 0.3) is 0 Å². The van der Waals surface area contributed by atoms with Crippen LogP contribution in [-0.2, 0) is 9.47 Å². The lowest BCUT2D eigenvalue weighted by Gasteiger charge is -2.38. The summed E-state index contributed by atoms with van der Waals surface area (Å²) in [7, 11) is 0. The molecule has 0 aromatic heterocycles. The van der Waals surface area contributed by atoms with Crippen molar-refractivity contribution >= 4 is 0 Å². The molecule has 2 aliphatic heterocycles. The fourth-order valence-corrected chi connectivity index (χ4v) is 3.03. The lowest BCUT2D eigenvalue weighted by Crippen LogP contribution is -2.37. The van der Waals surface area contributed by atoms with E-state index in [9.17, 15) is 0 Å². The Morgan fingerprint density at radius 1 is 1.33 bits per heavy atom. The summed E-state index contributed by atoms with van der Waals surface area (Å²) in [5.74, 6) is 0.338. The molecule has 0 fully saturated rings. The van der Waals surface area contributed by atoms with Gasteiger partial charge in [-0.05, 0) is 42.2 Å². The largest absolute Gasteiger partial charge is 0.497 e. The molecular formula is C16H14O2. The Morgan fingerprint density at radius 3 is 3.33 bits per heavy atom. The van der Waals surface area contributed by atoms with Gasteiger partial charge in [-0.15, -0.1) is 0 Å². The fraction of sp³-hybridized carbons (Fsp3) is 0.375. The molecule has 0 spiro atoms. The van der Waals surface area contributed by atoms with Crippen LogP contribution in [0.25, 0.3) is 0 Å². The van der Waals surface area contributed by atoms with Crippen LogP contribution in [0.5, 0.6) is 0 Å². The van der Waals surface area contributed by atoms with Gasteiger partial charge in [0.2, 0.25) is 0 Å². The summed E-state index contributed by atoms with van der Waals surface area (Å²) >= 11 is 0. The maximum Gasteiger partial charge on any atom is 0.111 e.